The van der Waals surface area contributed by atoms with Crippen LogP contribution in [0.3, 0.4) is 0 Å². The molecule has 2 unspecified atom stereocenters. The zero-order chi connectivity index (χ0) is 18.4. The van der Waals surface area contributed by atoms with Crippen molar-refractivity contribution in [3.8, 4) is 0 Å². The molecule has 25 heavy (non-hydrogen) atoms. The van der Waals surface area contributed by atoms with Gasteiger partial charge in [0.1, 0.15) is 11.4 Å². The molecule has 6 heteroatoms. The number of nitrogens with one attached hydrogen (secondary N) is 1. The van der Waals surface area contributed by atoms with Gasteiger partial charge in [0.25, 0.3) is 11.5 Å². The number of aromatic amines is 1. The van der Waals surface area contributed by atoms with Crippen molar-refractivity contribution in [3.63, 3.8) is 0 Å². The van der Waals surface area contributed by atoms with Gasteiger partial charge in [0, 0.05) is 24.4 Å². The molecule has 0 bridgehead atoms. The number of piperidine rings is 1. The molecule has 2 fully saturated rings. The molecule has 1 saturated carbocycles. The summed E-state index contributed by atoms with van der Waals surface area (Å²) in [5.41, 5.74) is -0.677. The molecule has 0 aromatic carbocycles. The molecule has 6 nitrogen and oxygen atoms in total. The Bertz CT molecular complexity index is 734. The summed E-state index contributed by atoms with van der Waals surface area (Å²) in [6, 6.07) is 0. The first-order valence-corrected chi connectivity index (χ1v) is 9.25. The minimum Gasteiger partial charge on any atom is -0.389 e. The summed E-state index contributed by atoms with van der Waals surface area (Å²) in [5, 5.41) is 10.8. The molecule has 0 radical (unpaired) electrons. The number of carbonyl (C=O) groups is 1. The number of carbonyl (C=O) groups excluding carboxylic acids is 1. The molecule has 2 aliphatic rings. The molecule has 1 saturated heterocycles. The fraction of sp³-hybridized carbons (Fsp3) is 0.737. The van der Waals surface area contributed by atoms with Crippen LogP contribution in [0.4, 0.5) is 0 Å². The topological polar surface area (TPSA) is 86.3 Å². The van der Waals surface area contributed by atoms with Crippen LogP contribution in [0, 0.1) is 12.8 Å². The van der Waals surface area contributed by atoms with E-state index in [9.17, 15) is 14.7 Å². The van der Waals surface area contributed by atoms with Gasteiger partial charge < -0.3 is 15.0 Å². The number of H-pyrrole nitrogens is 1. The van der Waals surface area contributed by atoms with Gasteiger partial charge in [-0.1, -0.05) is 33.6 Å². The first-order chi connectivity index (χ1) is 11.6. The van der Waals surface area contributed by atoms with E-state index in [0.29, 0.717) is 31.0 Å². The van der Waals surface area contributed by atoms with Crippen molar-refractivity contribution in [1.29, 1.82) is 0 Å². The molecule has 1 aromatic rings. The molecule has 1 aliphatic heterocycles. The van der Waals surface area contributed by atoms with Crippen LogP contribution < -0.4 is 5.56 Å². The summed E-state index contributed by atoms with van der Waals surface area (Å²) in [5.74, 6) is 0.436. The first kappa shape index (κ1) is 18.1. The van der Waals surface area contributed by atoms with Crippen LogP contribution in [0.2, 0.25) is 0 Å². The van der Waals surface area contributed by atoms with Crippen molar-refractivity contribution in [2.24, 2.45) is 5.92 Å². The highest BCUT2D eigenvalue weighted by Gasteiger charge is 2.44. The van der Waals surface area contributed by atoms with Gasteiger partial charge in [-0.3, -0.25) is 9.59 Å². The smallest absolute Gasteiger partial charge is 0.264 e. The van der Waals surface area contributed by atoms with Gasteiger partial charge in [0.2, 0.25) is 0 Å². The summed E-state index contributed by atoms with van der Waals surface area (Å²) in [6.07, 6.45) is 4.50. The van der Waals surface area contributed by atoms with Gasteiger partial charge in [0.05, 0.1) is 11.3 Å². The average Bonchev–Trinajstić information content (AvgIpc) is 2.52. The molecular weight excluding hydrogens is 318 g/mol. The van der Waals surface area contributed by atoms with E-state index in [1.807, 2.05) is 20.8 Å². The minimum atomic E-state index is -0.634. The van der Waals surface area contributed by atoms with Crippen molar-refractivity contribution in [3.05, 3.63) is 27.4 Å². The zero-order valence-electron chi connectivity index (χ0n) is 15.7. The number of hydrogen-bond donors (Lipinski definition) is 2. The number of aliphatic hydroxyl groups is 1. The standard InChI is InChI=1S/C19H29N3O3/c1-12-14(15(23)21-17(20-12)18(2,3)4)16(24)22-10-9-19(25)8-6-5-7-13(19)11-22/h13,25H,5-11H2,1-4H3,(H,20,21,23). The maximum atomic E-state index is 13.0. The molecule has 2 heterocycles. The monoisotopic (exact) mass is 347 g/mol. The summed E-state index contributed by atoms with van der Waals surface area (Å²) in [4.78, 5) is 34.5. The van der Waals surface area contributed by atoms with Gasteiger partial charge in [-0.2, -0.15) is 0 Å². The van der Waals surface area contributed by atoms with E-state index < -0.39 is 5.60 Å². The van der Waals surface area contributed by atoms with E-state index in [2.05, 4.69) is 9.97 Å². The highest BCUT2D eigenvalue weighted by molar-refractivity contribution is 5.95. The van der Waals surface area contributed by atoms with Crippen molar-refractivity contribution in [2.45, 2.75) is 70.8 Å². The molecule has 1 amide bonds. The number of rotatable bonds is 1. The van der Waals surface area contributed by atoms with Crippen molar-refractivity contribution < 1.29 is 9.90 Å². The Morgan fingerprint density at radius 1 is 1.32 bits per heavy atom. The second kappa shape index (κ2) is 6.24. The van der Waals surface area contributed by atoms with E-state index in [1.54, 1.807) is 11.8 Å². The Morgan fingerprint density at radius 2 is 2.04 bits per heavy atom. The van der Waals surface area contributed by atoms with Crippen LogP contribution in [0.25, 0.3) is 0 Å². The Labute approximate surface area is 148 Å². The van der Waals surface area contributed by atoms with Crippen LogP contribution in [0.5, 0.6) is 0 Å². The van der Waals surface area contributed by atoms with Crippen LogP contribution in [0.1, 0.15) is 74.8 Å². The minimum absolute atomic E-state index is 0.111. The second-order valence-corrected chi connectivity index (χ2v) is 8.67. The predicted octanol–water partition coefficient (Wildman–Crippen LogP) is 2.14. The largest absolute Gasteiger partial charge is 0.389 e. The fourth-order valence-corrected chi connectivity index (χ4v) is 4.11. The molecule has 0 spiro atoms. The number of hydrogen-bond acceptors (Lipinski definition) is 4. The number of aromatic nitrogens is 2. The number of fused-ring (bicyclic) bond motifs is 1. The highest BCUT2D eigenvalue weighted by Crippen LogP contribution is 2.40. The maximum absolute atomic E-state index is 13.0. The van der Waals surface area contributed by atoms with Crippen LogP contribution in [0.15, 0.2) is 4.79 Å². The zero-order valence-corrected chi connectivity index (χ0v) is 15.7. The van der Waals surface area contributed by atoms with E-state index in [0.717, 1.165) is 25.7 Å². The SMILES string of the molecule is Cc1nc(C(C)(C)C)[nH]c(=O)c1C(=O)N1CCC2(O)CCCCC2C1. The van der Waals surface area contributed by atoms with Gasteiger partial charge in [-0.05, 0) is 26.2 Å². The molecule has 1 aromatic heterocycles. The Kier molecular flexibility index (Phi) is 4.52. The lowest BCUT2D eigenvalue weighted by Gasteiger charge is -2.47. The normalized spacial score (nSPS) is 27.1. The number of likely N-dealkylation sites (tertiary alicyclic amines) is 1. The lowest BCUT2D eigenvalue weighted by Crippen LogP contribution is -2.55. The van der Waals surface area contributed by atoms with Crippen molar-refractivity contribution in [1.82, 2.24) is 14.9 Å². The third kappa shape index (κ3) is 3.36. The van der Waals surface area contributed by atoms with E-state index in [4.69, 9.17) is 0 Å². The van der Waals surface area contributed by atoms with Crippen LogP contribution in [-0.2, 0) is 5.41 Å². The highest BCUT2D eigenvalue weighted by atomic mass is 16.3. The lowest BCUT2D eigenvalue weighted by molar-refractivity contribution is -0.0886. The second-order valence-electron chi connectivity index (χ2n) is 8.67. The summed E-state index contributed by atoms with van der Waals surface area (Å²) in [7, 11) is 0. The van der Waals surface area contributed by atoms with Crippen molar-refractivity contribution >= 4 is 5.91 Å². The van der Waals surface area contributed by atoms with Crippen LogP contribution in [-0.4, -0.2) is 44.6 Å². The van der Waals surface area contributed by atoms with Gasteiger partial charge in [-0.15, -0.1) is 0 Å². The van der Waals surface area contributed by atoms with Gasteiger partial charge >= 0.3 is 0 Å². The Hall–Kier alpha value is -1.69. The molecular formula is C19H29N3O3. The third-order valence-corrected chi connectivity index (χ3v) is 5.74. The lowest BCUT2D eigenvalue weighted by atomic mass is 9.71. The summed E-state index contributed by atoms with van der Waals surface area (Å²) in [6.45, 7) is 8.65. The average molecular weight is 347 g/mol. The predicted molar refractivity (Wildman–Crippen MR) is 95.7 cm³/mol. The summed E-state index contributed by atoms with van der Waals surface area (Å²) >= 11 is 0. The Morgan fingerprint density at radius 3 is 2.68 bits per heavy atom. The molecule has 2 N–H and O–H groups in total. The summed E-state index contributed by atoms with van der Waals surface area (Å²) < 4.78 is 0. The van der Waals surface area contributed by atoms with E-state index >= 15 is 0 Å². The van der Waals surface area contributed by atoms with Crippen molar-refractivity contribution in [2.75, 3.05) is 13.1 Å². The molecule has 3 rings (SSSR count). The number of nitrogens with zero attached hydrogens (tertiary/aromatic N) is 2. The Balaban J connectivity index is 1.86. The number of aryl methyl sites for hydroxylation is 1. The number of amides is 1. The fourth-order valence-electron chi connectivity index (χ4n) is 4.11. The van der Waals surface area contributed by atoms with E-state index in [1.165, 1.54) is 0 Å². The molecule has 138 valence electrons. The van der Waals surface area contributed by atoms with Crippen LogP contribution >= 0.6 is 0 Å². The van der Waals surface area contributed by atoms with Gasteiger partial charge in [0.15, 0.2) is 0 Å². The first-order valence-electron chi connectivity index (χ1n) is 9.25. The van der Waals surface area contributed by atoms with E-state index in [-0.39, 0.29) is 28.4 Å². The quantitative estimate of drug-likeness (QED) is 0.815. The third-order valence-electron chi connectivity index (χ3n) is 5.74. The van der Waals surface area contributed by atoms with Gasteiger partial charge in [-0.25, -0.2) is 4.98 Å². The molecule has 1 aliphatic carbocycles. The maximum Gasteiger partial charge on any atom is 0.264 e. The molecule has 2 atom stereocenters.